The molecule has 0 amide bonds. The number of hydrogen-bond acceptors (Lipinski definition) is 4. The molecule has 0 aliphatic heterocycles. The molecule has 4 nitrogen and oxygen atoms in total. The van der Waals surface area contributed by atoms with Gasteiger partial charge in [-0.3, -0.25) is 0 Å². The van der Waals surface area contributed by atoms with Gasteiger partial charge in [-0.1, -0.05) is 20.3 Å². The number of nitrogens with two attached hydrogens (primary N) is 1. The molecule has 0 atom stereocenters. The van der Waals surface area contributed by atoms with Crippen LogP contribution in [0.25, 0.3) is 0 Å². The van der Waals surface area contributed by atoms with Crippen LogP contribution < -0.4 is 11.1 Å². The maximum absolute atomic E-state index is 5.94. The van der Waals surface area contributed by atoms with Gasteiger partial charge in [-0.15, -0.1) is 0 Å². The van der Waals surface area contributed by atoms with Crippen LogP contribution in [0.4, 0.5) is 11.6 Å². The topological polar surface area (TPSA) is 63.8 Å². The van der Waals surface area contributed by atoms with Crippen molar-refractivity contribution in [2.45, 2.75) is 58.4 Å². The van der Waals surface area contributed by atoms with Gasteiger partial charge in [0.25, 0.3) is 0 Å². The summed E-state index contributed by atoms with van der Waals surface area (Å²) in [6, 6.07) is 0.547. The van der Waals surface area contributed by atoms with E-state index in [-0.39, 0.29) is 0 Å². The smallest absolute Gasteiger partial charge is 0.134 e. The zero-order valence-corrected chi connectivity index (χ0v) is 11.4. The summed E-state index contributed by atoms with van der Waals surface area (Å²) in [5.74, 6) is 2.44. The molecule has 1 saturated carbocycles. The minimum atomic E-state index is 0.547. The van der Waals surface area contributed by atoms with E-state index in [4.69, 9.17) is 5.73 Å². The van der Waals surface area contributed by atoms with Gasteiger partial charge in [0.05, 0.1) is 0 Å². The molecule has 2 rings (SSSR count). The summed E-state index contributed by atoms with van der Waals surface area (Å²) in [5, 5.41) is 3.56. The monoisotopic (exact) mass is 248 g/mol. The largest absolute Gasteiger partial charge is 0.383 e. The number of hydrogen-bond donors (Lipinski definition) is 2. The second-order valence-electron chi connectivity index (χ2n) is 5.44. The number of rotatable bonds is 4. The van der Waals surface area contributed by atoms with Gasteiger partial charge in [0.2, 0.25) is 0 Å². The lowest BCUT2D eigenvalue weighted by atomic mass is 9.87. The Kier molecular flexibility index (Phi) is 4.39. The fraction of sp³-hybridized carbons (Fsp3) is 0.714. The van der Waals surface area contributed by atoms with Gasteiger partial charge in [-0.2, -0.15) is 0 Å². The first-order valence-electron chi connectivity index (χ1n) is 7.06. The maximum Gasteiger partial charge on any atom is 0.134 e. The molecule has 1 aliphatic rings. The summed E-state index contributed by atoms with van der Waals surface area (Å²) in [4.78, 5) is 8.46. The van der Waals surface area contributed by atoms with E-state index in [2.05, 4.69) is 29.1 Å². The predicted molar refractivity (Wildman–Crippen MR) is 75.5 cm³/mol. The van der Waals surface area contributed by atoms with Crippen LogP contribution in [-0.4, -0.2) is 16.0 Å². The fourth-order valence-corrected chi connectivity index (χ4v) is 2.64. The molecule has 0 unspecified atom stereocenters. The van der Waals surface area contributed by atoms with Crippen molar-refractivity contribution in [3.05, 3.63) is 11.9 Å². The van der Waals surface area contributed by atoms with Crippen molar-refractivity contribution >= 4 is 11.6 Å². The highest BCUT2D eigenvalue weighted by molar-refractivity contribution is 5.55. The fourth-order valence-electron chi connectivity index (χ4n) is 2.64. The summed E-state index contributed by atoms with van der Waals surface area (Å²) in [6.45, 7) is 4.49. The quantitative estimate of drug-likeness (QED) is 0.859. The molecule has 0 spiro atoms. The lowest BCUT2D eigenvalue weighted by molar-refractivity contribution is 0.360. The second kappa shape index (κ2) is 6.03. The number of nitrogens with zero attached hydrogens (tertiary/aromatic N) is 2. The number of nitrogens with one attached hydrogen (secondary N) is 1. The van der Waals surface area contributed by atoms with Crippen LogP contribution in [0.2, 0.25) is 0 Å². The molecular formula is C14H24N4. The van der Waals surface area contributed by atoms with Crippen molar-refractivity contribution in [3.8, 4) is 0 Å². The van der Waals surface area contributed by atoms with Gasteiger partial charge in [0, 0.05) is 11.6 Å². The summed E-state index contributed by atoms with van der Waals surface area (Å²) >= 11 is 0. The van der Waals surface area contributed by atoms with Crippen molar-refractivity contribution in [2.24, 2.45) is 5.92 Å². The molecule has 1 heterocycles. The zero-order chi connectivity index (χ0) is 13.0. The van der Waals surface area contributed by atoms with E-state index in [0.717, 1.165) is 30.1 Å². The van der Waals surface area contributed by atoms with Crippen LogP contribution in [0, 0.1) is 5.92 Å². The van der Waals surface area contributed by atoms with Crippen LogP contribution in [0.15, 0.2) is 6.33 Å². The summed E-state index contributed by atoms with van der Waals surface area (Å²) in [7, 11) is 0. The Balaban J connectivity index is 2.06. The van der Waals surface area contributed by atoms with E-state index >= 15 is 0 Å². The van der Waals surface area contributed by atoms with E-state index in [1.165, 1.54) is 25.7 Å². The summed E-state index contributed by atoms with van der Waals surface area (Å²) < 4.78 is 0. The molecular weight excluding hydrogens is 224 g/mol. The molecule has 0 radical (unpaired) electrons. The molecule has 1 fully saturated rings. The van der Waals surface area contributed by atoms with Crippen LogP contribution >= 0.6 is 0 Å². The van der Waals surface area contributed by atoms with Crippen LogP contribution in [0.3, 0.4) is 0 Å². The maximum atomic E-state index is 5.94. The van der Waals surface area contributed by atoms with Gasteiger partial charge >= 0.3 is 0 Å². The SMILES string of the molecule is CCCc1c(N)ncnc1NC1CCC(C)CC1. The third-order valence-corrected chi connectivity index (χ3v) is 3.84. The van der Waals surface area contributed by atoms with Gasteiger partial charge in [-0.05, 0) is 38.0 Å². The number of anilines is 2. The highest BCUT2D eigenvalue weighted by atomic mass is 15.1. The first kappa shape index (κ1) is 13.1. The minimum Gasteiger partial charge on any atom is -0.383 e. The molecule has 3 N–H and O–H groups in total. The standard InChI is InChI=1S/C14H24N4/c1-3-4-12-13(15)16-9-17-14(12)18-11-7-5-10(2)6-8-11/h9-11H,3-8H2,1-2H3,(H3,15,16,17,18). The normalized spacial score (nSPS) is 23.9. The summed E-state index contributed by atoms with van der Waals surface area (Å²) in [6.07, 6.45) is 8.64. The van der Waals surface area contributed by atoms with Crippen molar-refractivity contribution < 1.29 is 0 Å². The van der Waals surface area contributed by atoms with E-state index in [0.29, 0.717) is 11.9 Å². The second-order valence-corrected chi connectivity index (χ2v) is 5.44. The van der Waals surface area contributed by atoms with Gasteiger partial charge in [0.15, 0.2) is 0 Å². The molecule has 0 bridgehead atoms. The highest BCUT2D eigenvalue weighted by Crippen LogP contribution is 2.27. The van der Waals surface area contributed by atoms with Crippen LogP contribution in [0.1, 0.15) is 51.5 Å². The van der Waals surface area contributed by atoms with Gasteiger partial charge < -0.3 is 11.1 Å². The van der Waals surface area contributed by atoms with Crippen molar-refractivity contribution in [1.82, 2.24) is 9.97 Å². The van der Waals surface area contributed by atoms with Gasteiger partial charge in [-0.25, -0.2) is 9.97 Å². The minimum absolute atomic E-state index is 0.547. The van der Waals surface area contributed by atoms with Crippen molar-refractivity contribution in [3.63, 3.8) is 0 Å². The Hall–Kier alpha value is -1.32. The third kappa shape index (κ3) is 3.12. The van der Waals surface area contributed by atoms with Gasteiger partial charge in [0.1, 0.15) is 18.0 Å². The third-order valence-electron chi connectivity index (χ3n) is 3.84. The van der Waals surface area contributed by atoms with E-state index in [1.807, 2.05) is 0 Å². The Morgan fingerprint density at radius 2 is 2.00 bits per heavy atom. The zero-order valence-electron chi connectivity index (χ0n) is 11.4. The Bertz CT molecular complexity index is 383. The van der Waals surface area contributed by atoms with Crippen molar-refractivity contribution in [2.75, 3.05) is 11.1 Å². The predicted octanol–water partition coefficient (Wildman–Crippen LogP) is 3.00. The average molecular weight is 248 g/mol. The Morgan fingerprint density at radius 3 is 2.67 bits per heavy atom. The van der Waals surface area contributed by atoms with Crippen molar-refractivity contribution in [1.29, 1.82) is 0 Å². The number of nitrogen functional groups attached to an aromatic ring is 1. The molecule has 1 aromatic rings. The lowest BCUT2D eigenvalue weighted by Gasteiger charge is -2.28. The summed E-state index contributed by atoms with van der Waals surface area (Å²) in [5.41, 5.74) is 7.03. The first-order valence-corrected chi connectivity index (χ1v) is 7.06. The Labute approximate surface area is 109 Å². The lowest BCUT2D eigenvalue weighted by Crippen LogP contribution is -2.26. The molecule has 1 aromatic heterocycles. The van der Waals surface area contributed by atoms with E-state index in [1.54, 1.807) is 6.33 Å². The molecule has 100 valence electrons. The molecule has 18 heavy (non-hydrogen) atoms. The Morgan fingerprint density at radius 1 is 1.28 bits per heavy atom. The van der Waals surface area contributed by atoms with Crippen LogP contribution in [-0.2, 0) is 6.42 Å². The van der Waals surface area contributed by atoms with Crippen LogP contribution in [0.5, 0.6) is 0 Å². The molecule has 0 aromatic carbocycles. The first-order chi connectivity index (χ1) is 8.70. The highest BCUT2D eigenvalue weighted by Gasteiger charge is 2.19. The van der Waals surface area contributed by atoms with E-state index < -0.39 is 0 Å². The molecule has 1 aliphatic carbocycles. The average Bonchev–Trinajstić information content (AvgIpc) is 2.36. The van der Waals surface area contributed by atoms with E-state index in [9.17, 15) is 0 Å². The molecule has 0 saturated heterocycles. The number of aromatic nitrogens is 2. The molecule has 4 heteroatoms.